The normalized spacial score (nSPS) is 12.7. The minimum Gasteiger partial charge on any atom is -0.508 e. The van der Waals surface area contributed by atoms with Crippen LogP contribution in [0, 0.1) is 0 Å². The summed E-state index contributed by atoms with van der Waals surface area (Å²) < 4.78 is 25.0. The molecular formula is C14H22F2N2O2. The monoisotopic (exact) mass is 288 g/mol. The molecule has 0 aromatic heterocycles. The number of hydrogen-bond donors (Lipinski definition) is 3. The summed E-state index contributed by atoms with van der Waals surface area (Å²) in [6.07, 6.45) is -2.50. The second kappa shape index (κ2) is 8.01. The van der Waals surface area contributed by atoms with Gasteiger partial charge in [0.25, 0.3) is 6.43 Å². The molecule has 0 amide bonds. The molecule has 114 valence electrons. The number of anilines is 1. The molecule has 0 radical (unpaired) electrons. The number of hydrogen-bond acceptors (Lipinski definition) is 4. The van der Waals surface area contributed by atoms with Gasteiger partial charge in [-0.15, -0.1) is 0 Å². The molecule has 0 aliphatic carbocycles. The summed E-state index contributed by atoms with van der Waals surface area (Å²) in [5.74, 6) is 0.0631. The first-order chi connectivity index (χ1) is 9.49. The Morgan fingerprint density at radius 3 is 2.55 bits per heavy atom. The van der Waals surface area contributed by atoms with Crippen molar-refractivity contribution < 1.29 is 19.0 Å². The Morgan fingerprint density at radius 1 is 1.35 bits per heavy atom. The van der Waals surface area contributed by atoms with E-state index in [1.807, 2.05) is 13.8 Å². The molecule has 0 heterocycles. The number of halogens is 2. The van der Waals surface area contributed by atoms with Gasteiger partial charge in [-0.25, -0.2) is 8.78 Å². The molecule has 4 nitrogen and oxygen atoms in total. The molecule has 6 heteroatoms. The van der Waals surface area contributed by atoms with Crippen LogP contribution in [0.3, 0.4) is 0 Å². The third kappa shape index (κ3) is 4.61. The first kappa shape index (κ1) is 16.7. The lowest BCUT2D eigenvalue weighted by Crippen LogP contribution is -2.31. The fourth-order valence-corrected chi connectivity index (χ4v) is 2.12. The average Bonchev–Trinajstić information content (AvgIpc) is 2.37. The van der Waals surface area contributed by atoms with E-state index in [1.54, 1.807) is 12.1 Å². The van der Waals surface area contributed by atoms with Gasteiger partial charge in [0.1, 0.15) is 5.75 Å². The van der Waals surface area contributed by atoms with Crippen LogP contribution in [-0.4, -0.2) is 42.9 Å². The maximum absolute atomic E-state index is 12.5. The molecule has 1 aromatic carbocycles. The number of benzene rings is 1. The lowest BCUT2D eigenvalue weighted by molar-refractivity contribution is 0.153. The Bertz CT molecular complexity index is 416. The van der Waals surface area contributed by atoms with E-state index in [0.29, 0.717) is 5.69 Å². The van der Waals surface area contributed by atoms with Gasteiger partial charge in [0.05, 0.1) is 13.2 Å². The summed E-state index contributed by atoms with van der Waals surface area (Å²) in [4.78, 5) is 1.35. The van der Waals surface area contributed by atoms with Crippen molar-refractivity contribution in [3.8, 4) is 5.75 Å². The SMILES string of the molecule is CCNC(C)c1ccc(N(CCO)CC(F)F)cc1O. The first-order valence-electron chi connectivity index (χ1n) is 6.69. The van der Waals surface area contributed by atoms with Crippen LogP contribution in [0.5, 0.6) is 5.75 Å². The molecule has 0 bridgehead atoms. The minimum absolute atomic E-state index is 0.0181. The molecule has 20 heavy (non-hydrogen) atoms. The van der Waals surface area contributed by atoms with Crippen molar-refractivity contribution in [2.45, 2.75) is 26.3 Å². The van der Waals surface area contributed by atoms with Gasteiger partial charge < -0.3 is 20.4 Å². The number of phenols is 1. The van der Waals surface area contributed by atoms with Crippen LogP contribution in [0.1, 0.15) is 25.5 Å². The molecule has 0 aliphatic heterocycles. The maximum atomic E-state index is 12.5. The number of aliphatic hydroxyl groups is 1. The van der Waals surface area contributed by atoms with Gasteiger partial charge in [0.2, 0.25) is 0 Å². The molecule has 0 saturated heterocycles. The largest absolute Gasteiger partial charge is 0.508 e. The summed E-state index contributed by atoms with van der Waals surface area (Å²) in [7, 11) is 0. The molecule has 1 rings (SSSR count). The van der Waals surface area contributed by atoms with E-state index in [9.17, 15) is 13.9 Å². The van der Waals surface area contributed by atoms with Gasteiger partial charge in [0, 0.05) is 29.9 Å². The summed E-state index contributed by atoms with van der Waals surface area (Å²) >= 11 is 0. The predicted molar refractivity (Wildman–Crippen MR) is 75.5 cm³/mol. The highest BCUT2D eigenvalue weighted by atomic mass is 19.3. The van der Waals surface area contributed by atoms with E-state index < -0.39 is 13.0 Å². The first-order valence-corrected chi connectivity index (χ1v) is 6.69. The lowest BCUT2D eigenvalue weighted by Gasteiger charge is -2.24. The van der Waals surface area contributed by atoms with Crippen LogP contribution >= 0.6 is 0 Å². The second-order valence-electron chi connectivity index (χ2n) is 4.58. The zero-order chi connectivity index (χ0) is 15.1. The van der Waals surface area contributed by atoms with E-state index in [0.717, 1.165) is 12.1 Å². The third-order valence-corrected chi connectivity index (χ3v) is 3.08. The lowest BCUT2D eigenvalue weighted by atomic mass is 10.1. The highest BCUT2D eigenvalue weighted by molar-refractivity contribution is 5.54. The number of aliphatic hydroxyl groups excluding tert-OH is 1. The number of aromatic hydroxyl groups is 1. The van der Waals surface area contributed by atoms with Crippen LogP contribution in [0.25, 0.3) is 0 Å². The number of nitrogens with zero attached hydrogens (tertiary/aromatic N) is 1. The molecule has 0 saturated carbocycles. The van der Waals surface area contributed by atoms with E-state index >= 15 is 0 Å². The van der Waals surface area contributed by atoms with Crippen LogP contribution in [0.2, 0.25) is 0 Å². The maximum Gasteiger partial charge on any atom is 0.255 e. The second-order valence-corrected chi connectivity index (χ2v) is 4.58. The Morgan fingerprint density at radius 2 is 2.05 bits per heavy atom. The Balaban J connectivity index is 2.93. The van der Waals surface area contributed by atoms with E-state index in [4.69, 9.17) is 5.11 Å². The summed E-state index contributed by atoms with van der Waals surface area (Å²) in [5, 5.41) is 22.1. The van der Waals surface area contributed by atoms with E-state index in [2.05, 4.69) is 5.32 Å². The molecule has 1 aromatic rings. The van der Waals surface area contributed by atoms with Crippen LogP contribution in [0.15, 0.2) is 18.2 Å². The number of nitrogens with one attached hydrogen (secondary N) is 1. The van der Waals surface area contributed by atoms with E-state index in [-0.39, 0.29) is 24.9 Å². The standard InChI is InChI=1S/C14H22F2N2O2/c1-3-17-10(2)12-5-4-11(8-13(12)20)18(6-7-19)9-14(15)16/h4-5,8,10,14,17,19-20H,3,6-7,9H2,1-2H3. The summed E-state index contributed by atoms with van der Waals surface area (Å²) in [6.45, 7) is 4.07. The van der Waals surface area contributed by atoms with Crippen molar-refractivity contribution in [2.75, 3.05) is 31.1 Å². The number of alkyl halides is 2. The van der Waals surface area contributed by atoms with Crippen molar-refractivity contribution in [2.24, 2.45) is 0 Å². The summed E-state index contributed by atoms with van der Waals surface area (Å²) in [6, 6.07) is 4.84. The molecular weight excluding hydrogens is 266 g/mol. The Kier molecular flexibility index (Phi) is 6.67. The van der Waals surface area contributed by atoms with Crippen molar-refractivity contribution in [3.05, 3.63) is 23.8 Å². The van der Waals surface area contributed by atoms with E-state index in [1.165, 1.54) is 11.0 Å². The highest BCUT2D eigenvalue weighted by Gasteiger charge is 2.15. The number of rotatable bonds is 8. The van der Waals surface area contributed by atoms with Gasteiger partial charge in [-0.2, -0.15) is 0 Å². The van der Waals surface area contributed by atoms with Crippen LogP contribution in [0.4, 0.5) is 14.5 Å². The topological polar surface area (TPSA) is 55.7 Å². The molecule has 0 aliphatic rings. The molecule has 1 unspecified atom stereocenters. The quantitative estimate of drug-likeness (QED) is 0.686. The van der Waals surface area contributed by atoms with Crippen LogP contribution in [-0.2, 0) is 0 Å². The zero-order valence-corrected chi connectivity index (χ0v) is 11.8. The van der Waals surface area contributed by atoms with Gasteiger partial charge in [-0.3, -0.25) is 0 Å². The third-order valence-electron chi connectivity index (χ3n) is 3.08. The molecule has 0 spiro atoms. The predicted octanol–water partition coefficient (Wildman–Crippen LogP) is 2.13. The Hall–Kier alpha value is -1.40. The average molecular weight is 288 g/mol. The Labute approximate surface area is 118 Å². The zero-order valence-electron chi connectivity index (χ0n) is 11.8. The van der Waals surface area contributed by atoms with Crippen molar-refractivity contribution in [1.82, 2.24) is 5.32 Å². The van der Waals surface area contributed by atoms with Gasteiger partial charge in [-0.1, -0.05) is 13.0 Å². The van der Waals surface area contributed by atoms with Gasteiger partial charge in [0.15, 0.2) is 0 Å². The molecule has 3 N–H and O–H groups in total. The van der Waals surface area contributed by atoms with Gasteiger partial charge in [-0.05, 0) is 19.5 Å². The van der Waals surface area contributed by atoms with Crippen molar-refractivity contribution in [3.63, 3.8) is 0 Å². The molecule has 0 fully saturated rings. The van der Waals surface area contributed by atoms with Crippen molar-refractivity contribution in [1.29, 1.82) is 0 Å². The highest BCUT2D eigenvalue weighted by Crippen LogP contribution is 2.29. The fraction of sp³-hybridized carbons (Fsp3) is 0.571. The summed E-state index contributed by atoms with van der Waals surface area (Å²) in [5.41, 5.74) is 1.20. The van der Waals surface area contributed by atoms with Crippen molar-refractivity contribution >= 4 is 5.69 Å². The minimum atomic E-state index is -2.50. The van der Waals surface area contributed by atoms with Crippen LogP contribution < -0.4 is 10.2 Å². The van der Waals surface area contributed by atoms with Gasteiger partial charge >= 0.3 is 0 Å². The smallest absolute Gasteiger partial charge is 0.255 e. The number of phenolic OH excluding ortho intramolecular Hbond substituents is 1. The molecule has 1 atom stereocenters. The fourth-order valence-electron chi connectivity index (χ4n) is 2.12.